The summed E-state index contributed by atoms with van der Waals surface area (Å²) in [4.78, 5) is 11.6. The summed E-state index contributed by atoms with van der Waals surface area (Å²) in [6.07, 6.45) is 2.79. The molecule has 0 atom stereocenters. The normalized spacial score (nSPS) is 11.3. The van der Waals surface area contributed by atoms with E-state index in [1.165, 1.54) is 13.2 Å². The molecule has 0 aliphatic carbocycles. The fourth-order valence-corrected chi connectivity index (χ4v) is 2.19. The summed E-state index contributed by atoms with van der Waals surface area (Å²) in [5.74, 6) is 0.0851. The van der Waals surface area contributed by atoms with Crippen LogP contribution in [0.5, 0.6) is 17.2 Å². The first-order valence-corrected chi connectivity index (χ1v) is 7.15. The maximum atomic E-state index is 11.6. The van der Waals surface area contributed by atoms with Gasteiger partial charge in [-0.05, 0) is 54.3 Å². The van der Waals surface area contributed by atoms with Crippen LogP contribution in [0, 0.1) is 0 Å². The molecule has 2 aromatic carbocycles. The number of ether oxygens (including phenoxy) is 1. The molecule has 0 unspecified atom stereocenters. The largest absolute Gasteiger partial charge is 0.508 e. The van der Waals surface area contributed by atoms with Gasteiger partial charge in [0.2, 0.25) is 5.91 Å². The Balaban J connectivity index is 2.17. The van der Waals surface area contributed by atoms with Crippen LogP contribution in [0.3, 0.4) is 0 Å². The van der Waals surface area contributed by atoms with Crippen molar-refractivity contribution in [2.24, 2.45) is 5.73 Å². The third-order valence-electron chi connectivity index (χ3n) is 3.48. The Labute approximate surface area is 134 Å². The minimum Gasteiger partial charge on any atom is -0.508 e. The molecule has 5 nitrogen and oxygen atoms in total. The number of rotatable bonds is 6. The zero-order chi connectivity index (χ0) is 16.8. The van der Waals surface area contributed by atoms with Crippen molar-refractivity contribution >= 4 is 12.0 Å². The summed E-state index contributed by atoms with van der Waals surface area (Å²) in [7, 11) is 1.46. The maximum absolute atomic E-state index is 11.6. The number of carbonyl (C=O) groups is 1. The first kappa shape index (κ1) is 16.4. The van der Waals surface area contributed by atoms with E-state index in [0.717, 1.165) is 11.1 Å². The van der Waals surface area contributed by atoms with Gasteiger partial charge in [0, 0.05) is 5.57 Å². The van der Waals surface area contributed by atoms with Crippen molar-refractivity contribution < 1.29 is 19.7 Å². The van der Waals surface area contributed by atoms with Crippen molar-refractivity contribution in [3.05, 3.63) is 59.2 Å². The minimum atomic E-state index is -0.490. The summed E-state index contributed by atoms with van der Waals surface area (Å²) in [5, 5.41) is 18.9. The van der Waals surface area contributed by atoms with E-state index in [1.54, 1.807) is 42.5 Å². The maximum Gasteiger partial charge on any atom is 0.244 e. The van der Waals surface area contributed by atoms with Crippen molar-refractivity contribution in [2.45, 2.75) is 12.8 Å². The van der Waals surface area contributed by atoms with Gasteiger partial charge < -0.3 is 20.7 Å². The molecule has 120 valence electrons. The zero-order valence-electron chi connectivity index (χ0n) is 12.8. The number of nitrogens with two attached hydrogens (primary N) is 1. The quantitative estimate of drug-likeness (QED) is 0.715. The van der Waals surface area contributed by atoms with E-state index in [9.17, 15) is 15.0 Å². The monoisotopic (exact) mass is 313 g/mol. The van der Waals surface area contributed by atoms with E-state index in [-0.39, 0.29) is 11.5 Å². The van der Waals surface area contributed by atoms with Crippen LogP contribution >= 0.6 is 0 Å². The van der Waals surface area contributed by atoms with E-state index in [1.807, 2.05) is 0 Å². The summed E-state index contributed by atoms with van der Waals surface area (Å²) < 4.78 is 5.05. The third-order valence-corrected chi connectivity index (χ3v) is 3.48. The fourth-order valence-electron chi connectivity index (χ4n) is 2.19. The number of primary amides is 1. The molecule has 0 aliphatic heterocycles. The molecule has 0 aromatic heterocycles. The number of phenolic OH excluding ortho intramolecular Hbond substituents is 2. The third kappa shape index (κ3) is 4.51. The second-order valence-electron chi connectivity index (χ2n) is 5.13. The number of benzene rings is 2. The van der Waals surface area contributed by atoms with Gasteiger partial charge in [-0.3, -0.25) is 4.79 Å². The number of aromatic hydroxyl groups is 2. The molecular formula is C18H19NO4. The van der Waals surface area contributed by atoms with Crippen molar-refractivity contribution in [3.63, 3.8) is 0 Å². The van der Waals surface area contributed by atoms with Crippen LogP contribution in [-0.4, -0.2) is 23.2 Å². The number of hydrogen-bond acceptors (Lipinski definition) is 4. The lowest BCUT2D eigenvalue weighted by Crippen LogP contribution is -2.14. The highest BCUT2D eigenvalue weighted by atomic mass is 16.5. The second-order valence-corrected chi connectivity index (χ2v) is 5.13. The van der Waals surface area contributed by atoms with E-state index in [2.05, 4.69) is 0 Å². The van der Waals surface area contributed by atoms with Crippen LogP contribution in [-0.2, 0) is 11.2 Å². The molecule has 2 aromatic rings. The van der Waals surface area contributed by atoms with Crippen molar-refractivity contribution in [1.29, 1.82) is 0 Å². The van der Waals surface area contributed by atoms with Crippen molar-refractivity contribution in [1.82, 2.24) is 0 Å². The Hall–Kier alpha value is -2.95. The molecule has 0 fully saturated rings. The summed E-state index contributed by atoms with van der Waals surface area (Å²) >= 11 is 0. The SMILES string of the molecule is COc1cc(/C=C(\CCc2ccc(O)cc2)C(N)=O)ccc1O. The number of phenols is 2. The number of methoxy groups -OCH3 is 1. The molecule has 0 radical (unpaired) electrons. The number of amides is 1. The van der Waals surface area contributed by atoms with Crippen molar-refractivity contribution in [2.75, 3.05) is 7.11 Å². The highest BCUT2D eigenvalue weighted by Crippen LogP contribution is 2.27. The lowest BCUT2D eigenvalue weighted by molar-refractivity contribution is -0.114. The Morgan fingerprint density at radius 2 is 1.87 bits per heavy atom. The molecule has 0 saturated carbocycles. The molecule has 5 heteroatoms. The Kier molecular flexibility index (Phi) is 5.25. The van der Waals surface area contributed by atoms with Crippen LogP contribution in [0.1, 0.15) is 17.5 Å². The lowest BCUT2D eigenvalue weighted by atomic mass is 10.0. The minimum absolute atomic E-state index is 0.0365. The zero-order valence-corrected chi connectivity index (χ0v) is 12.8. The van der Waals surface area contributed by atoms with Gasteiger partial charge in [0.1, 0.15) is 5.75 Å². The summed E-state index contributed by atoms with van der Waals surface area (Å²) in [6, 6.07) is 11.6. The van der Waals surface area contributed by atoms with Gasteiger partial charge in [-0.1, -0.05) is 18.2 Å². The molecule has 23 heavy (non-hydrogen) atoms. The number of hydrogen-bond donors (Lipinski definition) is 3. The van der Waals surface area contributed by atoms with Gasteiger partial charge >= 0.3 is 0 Å². The fraction of sp³-hybridized carbons (Fsp3) is 0.167. The predicted octanol–water partition coefficient (Wildman–Crippen LogP) is 2.61. The van der Waals surface area contributed by atoms with Gasteiger partial charge in [-0.2, -0.15) is 0 Å². The van der Waals surface area contributed by atoms with Crippen LogP contribution < -0.4 is 10.5 Å². The molecule has 4 N–H and O–H groups in total. The van der Waals surface area contributed by atoms with Crippen LogP contribution in [0.4, 0.5) is 0 Å². The van der Waals surface area contributed by atoms with E-state index < -0.39 is 5.91 Å². The Morgan fingerprint density at radius 3 is 2.48 bits per heavy atom. The van der Waals surface area contributed by atoms with Gasteiger partial charge in [0.15, 0.2) is 11.5 Å². The Bertz CT molecular complexity index is 720. The predicted molar refractivity (Wildman–Crippen MR) is 88.3 cm³/mol. The van der Waals surface area contributed by atoms with Gasteiger partial charge in [-0.15, -0.1) is 0 Å². The lowest BCUT2D eigenvalue weighted by Gasteiger charge is -2.07. The summed E-state index contributed by atoms with van der Waals surface area (Å²) in [6.45, 7) is 0. The van der Waals surface area contributed by atoms with Crippen LogP contribution in [0.25, 0.3) is 6.08 Å². The van der Waals surface area contributed by atoms with Gasteiger partial charge in [0.25, 0.3) is 0 Å². The van der Waals surface area contributed by atoms with Gasteiger partial charge in [0.05, 0.1) is 7.11 Å². The van der Waals surface area contributed by atoms with E-state index in [4.69, 9.17) is 10.5 Å². The first-order chi connectivity index (χ1) is 11.0. The summed E-state index contributed by atoms with van der Waals surface area (Å²) in [5.41, 5.74) is 7.64. The molecule has 1 amide bonds. The van der Waals surface area contributed by atoms with E-state index in [0.29, 0.717) is 24.2 Å². The topological polar surface area (TPSA) is 92.8 Å². The molecule has 0 bridgehead atoms. The standard InChI is InChI=1S/C18H19NO4/c1-23-17-11-13(5-9-16(17)21)10-14(18(19)22)6-2-12-3-7-15(20)8-4-12/h3-5,7-11,20-21H,2,6H2,1H3,(H2,19,22)/b14-10+. The van der Waals surface area contributed by atoms with Crippen LogP contribution in [0.2, 0.25) is 0 Å². The first-order valence-electron chi connectivity index (χ1n) is 7.15. The molecular weight excluding hydrogens is 294 g/mol. The molecule has 2 rings (SSSR count). The number of carbonyl (C=O) groups excluding carboxylic acids is 1. The molecule has 0 spiro atoms. The molecule has 0 saturated heterocycles. The van der Waals surface area contributed by atoms with Gasteiger partial charge in [-0.25, -0.2) is 0 Å². The van der Waals surface area contributed by atoms with Crippen molar-refractivity contribution in [3.8, 4) is 17.2 Å². The highest BCUT2D eigenvalue weighted by Gasteiger charge is 2.08. The highest BCUT2D eigenvalue weighted by molar-refractivity contribution is 5.96. The second kappa shape index (κ2) is 7.35. The molecule has 0 heterocycles. The average Bonchev–Trinajstić information content (AvgIpc) is 2.54. The van der Waals surface area contributed by atoms with E-state index >= 15 is 0 Å². The average molecular weight is 313 g/mol. The Morgan fingerprint density at radius 1 is 1.17 bits per heavy atom. The smallest absolute Gasteiger partial charge is 0.244 e. The molecule has 0 aliphatic rings. The number of aryl methyl sites for hydroxylation is 1. The van der Waals surface area contributed by atoms with Crippen LogP contribution in [0.15, 0.2) is 48.0 Å².